The number of hydrogen-bond acceptors (Lipinski definition) is 5. The molecule has 1 saturated carbocycles. The summed E-state index contributed by atoms with van der Waals surface area (Å²) < 4.78 is 33.2. The highest BCUT2D eigenvalue weighted by Gasteiger charge is 2.37. The smallest absolute Gasteiger partial charge is 0.308 e. The zero-order valence-corrected chi connectivity index (χ0v) is 14.0. The second-order valence-corrected chi connectivity index (χ2v) is 6.30. The fraction of sp³-hybridized carbons (Fsp3) is 0.333. The van der Waals surface area contributed by atoms with Gasteiger partial charge in [-0.05, 0) is 25.0 Å². The van der Waals surface area contributed by atoms with Crippen molar-refractivity contribution in [2.75, 3.05) is 7.11 Å². The summed E-state index contributed by atoms with van der Waals surface area (Å²) in [5.41, 5.74) is 1.62. The van der Waals surface area contributed by atoms with E-state index >= 15 is 0 Å². The molecular formula is C18H16F2N4O2. The Morgan fingerprint density at radius 3 is 2.69 bits per heavy atom. The van der Waals surface area contributed by atoms with E-state index in [9.17, 15) is 13.6 Å². The number of para-hydroxylation sites is 2. The third kappa shape index (κ3) is 2.81. The van der Waals surface area contributed by atoms with Crippen LogP contribution in [-0.2, 0) is 9.53 Å². The van der Waals surface area contributed by atoms with Crippen molar-refractivity contribution in [2.24, 2.45) is 5.92 Å². The maximum absolute atomic E-state index is 13.5. The summed E-state index contributed by atoms with van der Waals surface area (Å²) >= 11 is 0. The Labute approximate surface area is 147 Å². The minimum absolute atomic E-state index is 0.0984. The minimum Gasteiger partial charge on any atom is -0.469 e. The van der Waals surface area contributed by atoms with Gasteiger partial charge in [-0.15, -0.1) is 0 Å². The molecule has 1 aromatic carbocycles. The van der Waals surface area contributed by atoms with Gasteiger partial charge in [0.1, 0.15) is 5.69 Å². The highest BCUT2D eigenvalue weighted by Crippen LogP contribution is 2.40. The molecule has 0 bridgehead atoms. The number of nitrogens with zero attached hydrogens (tertiary/aromatic N) is 4. The number of fused-ring (bicyclic) bond motifs is 1. The molecule has 3 aromatic rings. The van der Waals surface area contributed by atoms with Crippen LogP contribution in [0, 0.1) is 5.92 Å². The van der Waals surface area contributed by atoms with Crippen LogP contribution in [0.1, 0.15) is 31.0 Å². The lowest BCUT2D eigenvalue weighted by Crippen LogP contribution is -2.33. The Balaban J connectivity index is 1.67. The van der Waals surface area contributed by atoms with E-state index in [1.165, 1.54) is 18.0 Å². The molecule has 0 spiro atoms. The quantitative estimate of drug-likeness (QED) is 0.667. The van der Waals surface area contributed by atoms with Crippen molar-refractivity contribution in [2.45, 2.75) is 25.3 Å². The van der Waals surface area contributed by atoms with Gasteiger partial charge in [0.15, 0.2) is 0 Å². The lowest BCUT2D eigenvalue weighted by molar-refractivity contribution is -0.149. The molecule has 26 heavy (non-hydrogen) atoms. The summed E-state index contributed by atoms with van der Waals surface area (Å²) in [6, 6.07) is 7.15. The zero-order valence-electron chi connectivity index (χ0n) is 14.0. The second kappa shape index (κ2) is 6.44. The average molecular weight is 358 g/mol. The monoisotopic (exact) mass is 358 g/mol. The number of rotatable bonds is 4. The van der Waals surface area contributed by atoms with Gasteiger partial charge < -0.3 is 4.74 Å². The molecule has 2 aromatic heterocycles. The van der Waals surface area contributed by atoms with Crippen LogP contribution in [0.2, 0.25) is 0 Å². The fourth-order valence-electron chi connectivity index (χ4n) is 3.20. The van der Waals surface area contributed by atoms with E-state index in [1.54, 1.807) is 12.3 Å². The van der Waals surface area contributed by atoms with E-state index in [2.05, 4.69) is 15.1 Å². The third-order valence-electron chi connectivity index (χ3n) is 4.71. The molecule has 0 atom stereocenters. The molecule has 4 rings (SSSR count). The second-order valence-electron chi connectivity index (χ2n) is 6.30. The van der Waals surface area contributed by atoms with Gasteiger partial charge in [-0.3, -0.25) is 14.5 Å². The molecular weight excluding hydrogens is 342 g/mol. The van der Waals surface area contributed by atoms with Gasteiger partial charge in [-0.1, -0.05) is 12.1 Å². The van der Waals surface area contributed by atoms with Crippen LogP contribution >= 0.6 is 0 Å². The van der Waals surface area contributed by atoms with Crippen LogP contribution in [0.4, 0.5) is 8.78 Å². The molecule has 0 amide bonds. The fourth-order valence-corrected chi connectivity index (χ4v) is 3.20. The van der Waals surface area contributed by atoms with Crippen molar-refractivity contribution in [3.05, 3.63) is 42.4 Å². The Morgan fingerprint density at radius 2 is 2.00 bits per heavy atom. The number of aromatic nitrogens is 4. The molecule has 1 aliphatic rings. The first-order valence-corrected chi connectivity index (χ1v) is 8.24. The molecule has 0 saturated heterocycles. The standard InChI is InChI=1S/C18H16F2N4O2/c1-26-18(25)10-6-11(7-10)24-9-12(16(23-24)17(19)20)15-8-21-13-4-2-3-5-14(13)22-15/h2-5,8-11,17H,6-7H2,1H3. The molecule has 1 fully saturated rings. The van der Waals surface area contributed by atoms with E-state index in [0.717, 1.165) is 0 Å². The molecule has 0 radical (unpaired) electrons. The van der Waals surface area contributed by atoms with Crippen LogP contribution in [-0.4, -0.2) is 32.8 Å². The average Bonchev–Trinajstić information content (AvgIpc) is 3.05. The van der Waals surface area contributed by atoms with E-state index < -0.39 is 6.43 Å². The highest BCUT2D eigenvalue weighted by molar-refractivity contribution is 5.77. The predicted molar refractivity (Wildman–Crippen MR) is 89.5 cm³/mol. The molecule has 8 heteroatoms. The maximum Gasteiger partial charge on any atom is 0.308 e. The van der Waals surface area contributed by atoms with Crippen LogP contribution in [0.5, 0.6) is 0 Å². The number of carbonyl (C=O) groups excluding carboxylic acids is 1. The van der Waals surface area contributed by atoms with Crippen LogP contribution in [0.25, 0.3) is 22.3 Å². The van der Waals surface area contributed by atoms with Crippen LogP contribution in [0.3, 0.4) is 0 Å². The van der Waals surface area contributed by atoms with Gasteiger partial charge in [0, 0.05) is 11.8 Å². The Kier molecular flexibility index (Phi) is 4.10. The van der Waals surface area contributed by atoms with Gasteiger partial charge in [-0.2, -0.15) is 5.10 Å². The van der Waals surface area contributed by atoms with E-state index in [-0.39, 0.29) is 29.2 Å². The molecule has 134 valence electrons. The lowest BCUT2D eigenvalue weighted by Gasteiger charge is -2.33. The van der Waals surface area contributed by atoms with Gasteiger partial charge in [0.2, 0.25) is 0 Å². The Morgan fingerprint density at radius 1 is 1.27 bits per heavy atom. The first kappa shape index (κ1) is 16.6. The predicted octanol–water partition coefficient (Wildman–Crippen LogP) is 3.56. The van der Waals surface area contributed by atoms with Gasteiger partial charge in [0.25, 0.3) is 6.43 Å². The summed E-state index contributed by atoms with van der Waals surface area (Å²) in [5, 5.41) is 4.05. The number of benzene rings is 1. The molecule has 2 heterocycles. The molecule has 1 aliphatic carbocycles. The normalized spacial score (nSPS) is 19.5. The van der Waals surface area contributed by atoms with Crippen LogP contribution in [0.15, 0.2) is 36.7 Å². The number of carbonyl (C=O) groups is 1. The van der Waals surface area contributed by atoms with Gasteiger partial charge in [-0.25, -0.2) is 13.8 Å². The largest absolute Gasteiger partial charge is 0.469 e. The lowest BCUT2D eigenvalue weighted by atomic mass is 9.80. The maximum atomic E-state index is 13.5. The number of esters is 1. The van der Waals surface area contributed by atoms with Gasteiger partial charge in [0.05, 0.1) is 42.0 Å². The topological polar surface area (TPSA) is 69.9 Å². The number of ether oxygens (including phenoxy) is 1. The summed E-state index contributed by atoms with van der Waals surface area (Å²) in [6.07, 6.45) is 1.38. The molecule has 0 aliphatic heterocycles. The Bertz CT molecular complexity index is 967. The van der Waals surface area contributed by atoms with E-state index in [1.807, 2.05) is 18.2 Å². The number of halogens is 2. The first-order chi connectivity index (χ1) is 12.6. The van der Waals surface area contributed by atoms with Crippen molar-refractivity contribution in [3.63, 3.8) is 0 Å². The zero-order chi connectivity index (χ0) is 18.3. The number of methoxy groups -OCH3 is 1. The molecule has 6 nitrogen and oxygen atoms in total. The van der Waals surface area contributed by atoms with Crippen molar-refractivity contribution >= 4 is 17.0 Å². The van der Waals surface area contributed by atoms with E-state index in [0.29, 0.717) is 29.6 Å². The van der Waals surface area contributed by atoms with Crippen LogP contribution < -0.4 is 0 Å². The van der Waals surface area contributed by atoms with Crippen molar-refractivity contribution in [3.8, 4) is 11.3 Å². The Hall–Kier alpha value is -2.90. The first-order valence-electron chi connectivity index (χ1n) is 8.24. The molecule has 0 unspecified atom stereocenters. The van der Waals surface area contributed by atoms with Crippen molar-refractivity contribution in [1.29, 1.82) is 0 Å². The summed E-state index contributed by atoms with van der Waals surface area (Å²) in [6.45, 7) is 0. The SMILES string of the molecule is COC(=O)C1CC(n2cc(-c3cnc4ccccc4n3)c(C(F)F)n2)C1. The summed E-state index contributed by atoms with van der Waals surface area (Å²) in [5.74, 6) is -0.476. The van der Waals surface area contributed by atoms with Crippen molar-refractivity contribution in [1.82, 2.24) is 19.7 Å². The summed E-state index contributed by atoms with van der Waals surface area (Å²) in [7, 11) is 1.34. The third-order valence-corrected chi connectivity index (χ3v) is 4.71. The summed E-state index contributed by atoms with van der Waals surface area (Å²) in [4.78, 5) is 20.2. The number of hydrogen-bond donors (Lipinski definition) is 0. The highest BCUT2D eigenvalue weighted by atomic mass is 19.3. The minimum atomic E-state index is -2.73. The van der Waals surface area contributed by atoms with Gasteiger partial charge >= 0.3 is 5.97 Å². The molecule has 0 N–H and O–H groups in total. The van der Waals surface area contributed by atoms with E-state index in [4.69, 9.17) is 4.74 Å². The number of alkyl halides is 2. The van der Waals surface area contributed by atoms with Crippen molar-refractivity contribution < 1.29 is 18.3 Å².